The summed E-state index contributed by atoms with van der Waals surface area (Å²) in [5.74, 6) is 0.675. The molecule has 15 heavy (non-hydrogen) atoms. The highest BCUT2D eigenvalue weighted by Gasteiger charge is 2.05. The molecular weight excluding hydrogens is 184 g/mol. The Morgan fingerprint density at radius 3 is 2.33 bits per heavy atom. The fraction of sp³-hybridized carbons (Fsp3) is 0.429. The number of hydrogen-bond acceptors (Lipinski definition) is 1. The lowest BCUT2D eigenvalue weighted by molar-refractivity contribution is 0.181. The lowest BCUT2D eigenvalue weighted by atomic mass is 9.99. The lowest BCUT2D eigenvalue weighted by Gasteiger charge is -2.10. The van der Waals surface area contributed by atoms with Gasteiger partial charge in [0.1, 0.15) is 0 Å². The van der Waals surface area contributed by atoms with Gasteiger partial charge in [0, 0.05) is 0 Å². The van der Waals surface area contributed by atoms with E-state index in [9.17, 15) is 5.11 Å². The fourth-order valence-corrected chi connectivity index (χ4v) is 1.64. The van der Waals surface area contributed by atoms with E-state index in [0.29, 0.717) is 12.3 Å². The molecule has 1 aromatic rings. The quantitative estimate of drug-likeness (QED) is 0.728. The first-order valence-corrected chi connectivity index (χ1v) is 5.51. The Balaban J connectivity index is 2.67. The number of hydrogen-bond donors (Lipinski definition) is 1. The monoisotopic (exact) mass is 204 g/mol. The molecule has 0 heterocycles. The summed E-state index contributed by atoms with van der Waals surface area (Å²) < 4.78 is 0. The molecule has 0 aliphatic heterocycles. The van der Waals surface area contributed by atoms with Gasteiger partial charge in [0.15, 0.2) is 0 Å². The van der Waals surface area contributed by atoms with E-state index in [4.69, 9.17) is 0 Å². The molecule has 0 radical (unpaired) electrons. The molecule has 0 aromatic heterocycles. The minimum Gasteiger partial charge on any atom is -0.388 e. The Morgan fingerprint density at radius 1 is 1.27 bits per heavy atom. The molecule has 0 bridgehead atoms. The predicted octanol–water partition coefficient (Wildman–Crippen LogP) is 3.49. The summed E-state index contributed by atoms with van der Waals surface area (Å²) >= 11 is 0. The van der Waals surface area contributed by atoms with Gasteiger partial charge in [-0.3, -0.25) is 0 Å². The second-order valence-corrected chi connectivity index (χ2v) is 4.38. The molecule has 0 aliphatic carbocycles. The standard InChI is InChI=1S/C14H20O/c1-4-5-14(15)13-8-6-12(7-9-13)10-11(2)3/h4,6-9,11,14-15H,1,5,10H2,2-3H3/t14-/m0/s1. The van der Waals surface area contributed by atoms with Crippen LogP contribution in [0.2, 0.25) is 0 Å². The van der Waals surface area contributed by atoms with Crippen LogP contribution < -0.4 is 0 Å². The maximum absolute atomic E-state index is 9.72. The molecule has 0 amide bonds. The van der Waals surface area contributed by atoms with Crippen molar-refractivity contribution in [2.24, 2.45) is 5.92 Å². The summed E-state index contributed by atoms with van der Waals surface area (Å²) in [6.45, 7) is 8.04. The van der Waals surface area contributed by atoms with Crippen LogP contribution in [0.5, 0.6) is 0 Å². The zero-order chi connectivity index (χ0) is 11.3. The molecule has 0 spiro atoms. The van der Waals surface area contributed by atoms with Gasteiger partial charge in [-0.05, 0) is 29.9 Å². The smallest absolute Gasteiger partial charge is 0.0824 e. The molecule has 1 atom stereocenters. The number of aliphatic hydroxyl groups excluding tert-OH is 1. The summed E-state index contributed by atoms with van der Waals surface area (Å²) in [5.41, 5.74) is 2.31. The Kier molecular flexibility index (Phi) is 4.57. The second kappa shape index (κ2) is 5.72. The van der Waals surface area contributed by atoms with E-state index in [1.165, 1.54) is 5.56 Å². The van der Waals surface area contributed by atoms with Gasteiger partial charge in [0.25, 0.3) is 0 Å². The highest BCUT2D eigenvalue weighted by Crippen LogP contribution is 2.18. The average molecular weight is 204 g/mol. The molecule has 1 rings (SSSR count). The van der Waals surface area contributed by atoms with Crippen molar-refractivity contribution in [1.82, 2.24) is 0 Å². The van der Waals surface area contributed by atoms with Crippen LogP contribution in [0.25, 0.3) is 0 Å². The summed E-state index contributed by atoms with van der Waals surface area (Å²) in [6, 6.07) is 8.21. The summed E-state index contributed by atoms with van der Waals surface area (Å²) in [4.78, 5) is 0. The van der Waals surface area contributed by atoms with Gasteiger partial charge in [-0.15, -0.1) is 6.58 Å². The predicted molar refractivity (Wildman–Crippen MR) is 64.8 cm³/mol. The molecule has 0 fully saturated rings. The van der Waals surface area contributed by atoms with Crippen LogP contribution in [0.15, 0.2) is 36.9 Å². The van der Waals surface area contributed by atoms with Crippen LogP contribution in [-0.4, -0.2) is 5.11 Å². The molecule has 1 nitrogen and oxygen atoms in total. The molecule has 1 N–H and O–H groups in total. The van der Waals surface area contributed by atoms with Crippen LogP contribution >= 0.6 is 0 Å². The minimum atomic E-state index is -0.407. The molecule has 0 saturated carbocycles. The Labute approximate surface area is 92.5 Å². The van der Waals surface area contributed by atoms with Crippen LogP contribution in [0.4, 0.5) is 0 Å². The van der Waals surface area contributed by atoms with E-state index in [0.717, 1.165) is 12.0 Å². The lowest BCUT2D eigenvalue weighted by Crippen LogP contribution is -1.97. The van der Waals surface area contributed by atoms with Crippen molar-refractivity contribution < 1.29 is 5.11 Å². The molecule has 0 aliphatic rings. The average Bonchev–Trinajstić information content (AvgIpc) is 2.18. The topological polar surface area (TPSA) is 20.2 Å². The number of rotatable bonds is 5. The maximum Gasteiger partial charge on any atom is 0.0824 e. The van der Waals surface area contributed by atoms with Crippen molar-refractivity contribution in [2.75, 3.05) is 0 Å². The van der Waals surface area contributed by atoms with Gasteiger partial charge >= 0.3 is 0 Å². The largest absolute Gasteiger partial charge is 0.388 e. The fourth-order valence-electron chi connectivity index (χ4n) is 1.64. The first-order chi connectivity index (χ1) is 7.13. The van der Waals surface area contributed by atoms with Crippen LogP contribution in [-0.2, 0) is 6.42 Å². The maximum atomic E-state index is 9.72. The Morgan fingerprint density at radius 2 is 1.87 bits per heavy atom. The summed E-state index contributed by atoms with van der Waals surface area (Å²) in [7, 11) is 0. The van der Waals surface area contributed by atoms with Crippen molar-refractivity contribution in [3.8, 4) is 0 Å². The second-order valence-electron chi connectivity index (χ2n) is 4.38. The van der Waals surface area contributed by atoms with Crippen molar-refractivity contribution in [3.05, 3.63) is 48.0 Å². The van der Waals surface area contributed by atoms with Crippen molar-refractivity contribution in [2.45, 2.75) is 32.8 Å². The van der Waals surface area contributed by atoms with E-state index < -0.39 is 6.10 Å². The van der Waals surface area contributed by atoms with Gasteiger partial charge in [-0.25, -0.2) is 0 Å². The third-order valence-corrected chi connectivity index (χ3v) is 2.40. The van der Waals surface area contributed by atoms with Gasteiger partial charge in [-0.1, -0.05) is 44.2 Å². The zero-order valence-corrected chi connectivity index (χ0v) is 9.61. The van der Waals surface area contributed by atoms with Crippen LogP contribution in [0.3, 0.4) is 0 Å². The zero-order valence-electron chi connectivity index (χ0n) is 9.61. The van der Waals surface area contributed by atoms with E-state index in [2.05, 4.69) is 32.6 Å². The molecule has 0 unspecified atom stereocenters. The van der Waals surface area contributed by atoms with Gasteiger partial charge in [0.2, 0.25) is 0 Å². The summed E-state index contributed by atoms with van der Waals surface area (Å²) in [6.07, 6.45) is 3.05. The van der Waals surface area contributed by atoms with E-state index >= 15 is 0 Å². The Hall–Kier alpha value is -1.08. The van der Waals surface area contributed by atoms with E-state index in [1.54, 1.807) is 6.08 Å². The number of benzene rings is 1. The molecule has 0 saturated heterocycles. The van der Waals surface area contributed by atoms with E-state index in [-0.39, 0.29) is 0 Å². The highest BCUT2D eigenvalue weighted by molar-refractivity contribution is 5.24. The van der Waals surface area contributed by atoms with Crippen LogP contribution in [0.1, 0.15) is 37.5 Å². The normalized spacial score (nSPS) is 12.8. The SMILES string of the molecule is C=CC[C@H](O)c1ccc(CC(C)C)cc1. The van der Waals surface area contributed by atoms with Crippen molar-refractivity contribution >= 4 is 0 Å². The minimum absolute atomic E-state index is 0.407. The summed E-state index contributed by atoms with van der Waals surface area (Å²) in [5, 5.41) is 9.72. The third-order valence-electron chi connectivity index (χ3n) is 2.40. The molecular formula is C14H20O. The van der Waals surface area contributed by atoms with Gasteiger partial charge in [-0.2, -0.15) is 0 Å². The first kappa shape index (κ1) is 12.0. The molecule has 1 heteroatoms. The number of aliphatic hydroxyl groups is 1. The van der Waals surface area contributed by atoms with Crippen molar-refractivity contribution in [3.63, 3.8) is 0 Å². The Bertz CT molecular complexity index is 298. The van der Waals surface area contributed by atoms with Crippen LogP contribution in [0, 0.1) is 5.92 Å². The molecule has 82 valence electrons. The third kappa shape index (κ3) is 3.88. The van der Waals surface area contributed by atoms with Gasteiger partial charge < -0.3 is 5.11 Å². The highest BCUT2D eigenvalue weighted by atomic mass is 16.3. The van der Waals surface area contributed by atoms with Crippen molar-refractivity contribution in [1.29, 1.82) is 0 Å². The van der Waals surface area contributed by atoms with Gasteiger partial charge in [0.05, 0.1) is 6.10 Å². The molecule has 1 aromatic carbocycles. The first-order valence-electron chi connectivity index (χ1n) is 5.51. The van der Waals surface area contributed by atoms with E-state index in [1.807, 2.05) is 12.1 Å².